The molecule has 0 spiro atoms. The minimum Gasteiger partial charge on any atom is -0.462 e. The first-order chi connectivity index (χ1) is 15.2. The van der Waals surface area contributed by atoms with E-state index in [-0.39, 0.29) is 23.4 Å². The fourth-order valence-corrected chi connectivity index (χ4v) is 6.37. The first kappa shape index (κ1) is 22.4. The first-order valence-electron chi connectivity index (χ1n) is 11.3. The van der Waals surface area contributed by atoms with Crippen molar-refractivity contribution in [1.82, 2.24) is 15.6 Å². The summed E-state index contributed by atoms with van der Waals surface area (Å²) in [5, 5.41) is 5.33. The van der Waals surface area contributed by atoms with Crippen LogP contribution in [-0.4, -0.2) is 47.6 Å². The standard InChI is InChI=1S/C23H31N3O6/c1-4-31-20(28)18-12(2)19(24-13(18)3)21(29)32-11-17(27)25-22(30)26-23-8-14-5-15(9-23)7-16(6-14)10-23/h14-16,24H,4-11H2,1-3H3,(H2,25,26,27,30). The van der Waals surface area contributed by atoms with E-state index in [1.807, 2.05) is 0 Å². The fourth-order valence-electron chi connectivity index (χ4n) is 6.37. The molecule has 0 radical (unpaired) electrons. The van der Waals surface area contributed by atoms with Crippen molar-refractivity contribution in [2.75, 3.05) is 13.2 Å². The van der Waals surface area contributed by atoms with E-state index in [2.05, 4.69) is 15.6 Å². The Bertz CT molecular complexity index is 914. The van der Waals surface area contributed by atoms with E-state index < -0.39 is 30.5 Å². The molecule has 3 amide bonds. The van der Waals surface area contributed by atoms with Crippen LogP contribution in [0.5, 0.6) is 0 Å². The van der Waals surface area contributed by atoms with Gasteiger partial charge in [-0.15, -0.1) is 0 Å². The van der Waals surface area contributed by atoms with Crippen LogP contribution in [0.4, 0.5) is 4.79 Å². The Kier molecular flexibility index (Phi) is 6.01. The van der Waals surface area contributed by atoms with Gasteiger partial charge in [-0.1, -0.05) is 0 Å². The SMILES string of the molecule is CCOC(=O)c1c(C)[nH]c(C(=O)OCC(=O)NC(=O)NC23CC4CC(CC(C4)C2)C3)c1C. The lowest BCUT2D eigenvalue weighted by atomic mass is 9.53. The van der Waals surface area contributed by atoms with E-state index in [0.717, 1.165) is 19.3 Å². The van der Waals surface area contributed by atoms with Crippen LogP contribution in [0.25, 0.3) is 0 Å². The van der Waals surface area contributed by atoms with Crippen molar-refractivity contribution in [2.24, 2.45) is 17.8 Å². The third kappa shape index (κ3) is 4.38. The lowest BCUT2D eigenvalue weighted by molar-refractivity contribution is -0.123. The van der Waals surface area contributed by atoms with Crippen molar-refractivity contribution >= 4 is 23.9 Å². The van der Waals surface area contributed by atoms with Crippen molar-refractivity contribution < 1.29 is 28.7 Å². The lowest BCUT2D eigenvalue weighted by Crippen LogP contribution is -2.62. The number of amides is 3. The Morgan fingerprint density at radius 2 is 1.56 bits per heavy atom. The van der Waals surface area contributed by atoms with E-state index >= 15 is 0 Å². The summed E-state index contributed by atoms with van der Waals surface area (Å²) >= 11 is 0. The maximum atomic E-state index is 12.5. The zero-order valence-corrected chi connectivity index (χ0v) is 18.8. The quantitative estimate of drug-likeness (QED) is 0.578. The van der Waals surface area contributed by atoms with Crippen LogP contribution in [0.1, 0.15) is 77.6 Å². The van der Waals surface area contributed by atoms with Crippen molar-refractivity contribution in [3.05, 3.63) is 22.5 Å². The Balaban J connectivity index is 1.29. The van der Waals surface area contributed by atoms with Gasteiger partial charge in [-0.3, -0.25) is 10.1 Å². The van der Waals surface area contributed by atoms with Gasteiger partial charge in [-0.05, 0) is 82.6 Å². The average Bonchev–Trinajstić information content (AvgIpc) is 2.99. The van der Waals surface area contributed by atoms with E-state index in [0.29, 0.717) is 29.0 Å². The summed E-state index contributed by atoms with van der Waals surface area (Å²) in [5.41, 5.74) is 1.02. The lowest BCUT2D eigenvalue weighted by Gasteiger charge is -2.56. The summed E-state index contributed by atoms with van der Waals surface area (Å²) in [6.07, 6.45) is 6.70. The maximum absolute atomic E-state index is 12.5. The molecule has 4 fully saturated rings. The molecule has 4 aliphatic rings. The van der Waals surface area contributed by atoms with Gasteiger partial charge in [-0.25, -0.2) is 14.4 Å². The number of hydrogen-bond donors (Lipinski definition) is 3. The number of aromatic amines is 1. The van der Waals surface area contributed by atoms with Crippen LogP contribution in [0, 0.1) is 31.6 Å². The number of rotatable bonds is 6. The maximum Gasteiger partial charge on any atom is 0.355 e. The summed E-state index contributed by atoms with van der Waals surface area (Å²) < 4.78 is 10.1. The summed E-state index contributed by atoms with van der Waals surface area (Å²) in [7, 11) is 0. The number of hydrogen-bond acceptors (Lipinski definition) is 6. The molecule has 1 aromatic rings. The molecule has 174 valence electrons. The number of ether oxygens (including phenoxy) is 2. The van der Waals surface area contributed by atoms with Crippen LogP contribution >= 0.6 is 0 Å². The van der Waals surface area contributed by atoms with Gasteiger partial charge >= 0.3 is 18.0 Å². The van der Waals surface area contributed by atoms with Crippen molar-refractivity contribution in [1.29, 1.82) is 0 Å². The number of carbonyl (C=O) groups is 4. The molecule has 0 atom stereocenters. The number of carbonyl (C=O) groups excluding carboxylic acids is 4. The van der Waals surface area contributed by atoms with Crippen molar-refractivity contribution in [3.8, 4) is 0 Å². The molecule has 0 saturated heterocycles. The summed E-state index contributed by atoms with van der Waals surface area (Å²) in [5.74, 6) is 0.00222. The topological polar surface area (TPSA) is 127 Å². The normalized spacial score (nSPS) is 27.7. The second-order valence-electron chi connectivity index (χ2n) is 9.62. The predicted octanol–water partition coefficient (Wildman–Crippen LogP) is 2.76. The number of imide groups is 1. The highest BCUT2D eigenvalue weighted by molar-refractivity contribution is 6.00. The largest absolute Gasteiger partial charge is 0.462 e. The Morgan fingerprint density at radius 3 is 2.12 bits per heavy atom. The number of H-pyrrole nitrogens is 1. The molecular formula is C23H31N3O6. The van der Waals surface area contributed by atoms with E-state index in [4.69, 9.17) is 9.47 Å². The molecule has 9 nitrogen and oxygen atoms in total. The third-order valence-electron chi connectivity index (χ3n) is 7.13. The minimum atomic E-state index is -0.780. The highest BCUT2D eigenvalue weighted by Crippen LogP contribution is 2.55. The molecule has 5 rings (SSSR count). The van der Waals surface area contributed by atoms with Gasteiger partial charge in [0.15, 0.2) is 6.61 Å². The summed E-state index contributed by atoms with van der Waals surface area (Å²) in [6, 6.07) is -0.538. The van der Waals surface area contributed by atoms with Gasteiger partial charge in [0.05, 0.1) is 12.2 Å². The highest BCUT2D eigenvalue weighted by atomic mass is 16.5. The van der Waals surface area contributed by atoms with Gasteiger partial charge in [-0.2, -0.15) is 0 Å². The smallest absolute Gasteiger partial charge is 0.355 e. The number of aryl methyl sites for hydroxylation is 1. The monoisotopic (exact) mass is 445 g/mol. The Hall–Kier alpha value is -2.84. The van der Waals surface area contributed by atoms with Gasteiger partial charge in [0, 0.05) is 11.2 Å². The molecule has 32 heavy (non-hydrogen) atoms. The van der Waals surface area contributed by atoms with Gasteiger partial charge in [0.25, 0.3) is 5.91 Å². The van der Waals surface area contributed by atoms with Crippen LogP contribution in [0.2, 0.25) is 0 Å². The average molecular weight is 446 g/mol. The van der Waals surface area contributed by atoms with Crippen molar-refractivity contribution in [2.45, 2.75) is 64.8 Å². The van der Waals surface area contributed by atoms with Crippen LogP contribution in [0.15, 0.2) is 0 Å². The highest BCUT2D eigenvalue weighted by Gasteiger charge is 2.51. The molecule has 0 aromatic carbocycles. The molecule has 4 aliphatic carbocycles. The fraction of sp³-hybridized carbons (Fsp3) is 0.652. The summed E-state index contributed by atoms with van der Waals surface area (Å²) in [6.45, 7) is 4.57. The molecule has 4 bridgehead atoms. The number of esters is 2. The van der Waals surface area contributed by atoms with Gasteiger partial charge < -0.3 is 19.8 Å². The van der Waals surface area contributed by atoms with Crippen molar-refractivity contribution in [3.63, 3.8) is 0 Å². The van der Waals surface area contributed by atoms with Gasteiger partial charge in [0.2, 0.25) is 0 Å². The molecule has 4 saturated carbocycles. The second kappa shape index (κ2) is 8.60. The zero-order valence-electron chi connectivity index (χ0n) is 18.8. The van der Waals surface area contributed by atoms with E-state index in [1.54, 1.807) is 20.8 Å². The Morgan fingerprint density at radius 1 is 0.969 bits per heavy atom. The predicted molar refractivity (Wildman–Crippen MR) is 114 cm³/mol. The molecular weight excluding hydrogens is 414 g/mol. The summed E-state index contributed by atoms with van der Waals surface area (Å²) in [4.78, 5) is 51.9. The molecule has 1 aromatic heterocycles. The number of nitrogens with one attached hydrogen (secondary N) is 3. The first-order valence-corrected chi connectivity index (χ1v) is 11.3. The van der Waals surface area contributed by atoms with Crippen LogP contribution in [0.3, 0.4) is 0 Å². The van der Waals surface area contributed by atoms with E-state index in [1.165, 1.54) is 19.3 Å². The van der Waals surface area contributed by atoms with Gasteiger partial charge in [0.1, 0.15) is 5.69 Å². The molecule has 1 heterocycles. The number of urea groups is 1. The minimum absolute atomic E-state index is 0.0800. The molecule has 9 heteroatoms. The van der Waals surface area contributed by atoms with Crippen LogP contribution < -0.4 is 10.6 Å². The second-order valence-corrected chi connectivity index (χ2v) is 9.62. The molecule has 0 unspecified atom stereocenters. The zero-order chi connectivity index (χ0) is 23.0. The third-order valence-corrected chi connectivity index (χ3v) is 7.13. The number of aromatic nitrogens is 1. The van der Waals surface area contributed by atoms with Crippen LogP contribution in [-0.2, 0) is 14.3 Å². The Labute approximate surface area is 187 Å². The van der Waals surface area contributed by atoms with E-state index in [9.17, 15) is 19.2 Å². The molecule has 0 aliphatic heterocycles. The molecule has 3 N–H and O–H groups in total.